The summed E-state index contributed by atoms with van der Waals surface area (Å²) >= 11 is 0. The fraction of sp³-hybridized carbons (Fsp3) is 0.381. The standard InChI is InChI=1S/C21H26N2O4/c1-25-18-6-4-5-16(13-18)15-22-9-11-23(12-10-22)21(24)17-7-8-19(26-2)20(14-17)27-3/h4-8,13-14H,9-12,15H2,1-3H3. The third-order valence-corrected chi connectivity index (χ3v) is 4.83. The van der Waals surface area contributed by atoms with Gasteiger partial charge >= 0.3 is 0 Å². The van der Waals surface area contributed by atoms with Gasteiger partial charge in [0.2, 0.25) is 0 Å². The molecule has 0 bridgehead atoms. The molecule has 0 N–H and O–H groups in total. The van der Waals surface area contributed by atoms with Crippen molar-refractivity contribution in [2.24, 2.45) is 0 Å². The quantitative estimate of drug-likeness (QED) is 0.783. The van der Waals surface area contributed by atoms with Crippen LogP contribution >= 0.6 is 0 Å². The van der Waals surface area contributed by atoms with Crippen LogP contribution in [0.4, 0.5) is 0 Å². The molecule has 27 heavy (non-hydrogen) atoms. The first-order chi connectivity index (χ1) is 13.1. The van der Waals surface area contributed by atoms with Gasteiger partial charge < -0.3 is 19.1 Å². The van der Waals surface area contributed by atoms with Gasteiger partial charge in [0.1, 0.15) is 5.75 Å². The van der Waals surface area contributed by atoms with Crippen LogP contribution in [0.1, 0.15) is 15.9 Å². The van der Waals surface area contributed by atoms with Crippen LogP contribution < -0.4 is 14.2 Å². The van der Waals surface area contributed by atoms with Gasteiger partial charge in [-0.1, -0.05) is 12.1 Å². The summed E-state index contributed by atoms with van der Waals surface area (Å²) in [6, 6.07) is 13.4. The van der Waals surface area contributed by atoms with Gasteiger partial charge in [0.15, 0.2) is 11.5 Å². The zero-order valence-corrected chi connectivity index (χ0v) is 16.1. The summed E-state index contributed by atoms with van der Waals surface area (Å²) in [7, 11) is 4.84. The highest BCUT2D eigenvalue weighted by Gasteiger charge is 2.23. The number of amides is 1. The van der Waals surface area contributed by atoms with E-state index in [1.54, 1.807) is 39.5 Å². The highest BCUT2D eigenvalue weighted by Crippen LogP contribution is 2.28. The molecule has 1 aliphatic rings. The van der Waals surface area contributed by atoms with Gasteiger partial charge in [-0.3, -0.25) is 9.69 Å². The average Bonchev–Trinajstić information content (AvgIpc) is 2.73. The summed E-state index contributed by atoms with van der Waals surface area (Å²) in [6.45, 7) is 3.95. The van der Waals surface area contributed by atoms with Crippen molar-refractivity contribution in [3.63, 3.8) is 0 Å². The summed E-state index contributed by atoms with van der Waals surface area (Å²) in [5, 5.41) is 0. The first-order valence-electron chi connectivity index (χ1n) is 9.01. The average molecular weight is 370 g/mol. The van der Waals surface area contributed by atoms with E-state index in [2.05, 4.69) is 17.0 Å². The van der Waals surface area contributed by atoms with Gasteiger partial charge in [-0.25, -0.2) is 0 Å². The number of hydrogen-bond donors (Lipinski definition) is 0. The van der Waals surface area contributed by atoms with E-state index in [4.69, 9.17) is 14.2 Å². The highest BCUT2D eigenvalue weighted by molar-refractivity contribution is 5.95. The summed E-state index contributed by atoms with van der Waals surface area (Å²) in [6.07, 6.45) is 0. The van der Waals surface area contributed by atoms with Crippen molar-refractivity contribution in [3.8, 4) is 17.2 Å². The molecule has 6 heteroatoms. The lowest BCUT2D eigenvalue weighted by molar-refractivity contribution is 0.0628. The maximum absolute atomic E-state index is 12.8. The molecule has 144 valence electrons. The molecule has 1 amide bonds. The maximum Gasteiger partial charge on any atom is 0.254 e. The van der Waals surface area contributed by atoms with Gasteiger partial charge in [0.05, 0.1) is 21.3 Å². The second-order valence-corrected chi connectivity index (χ2v) is 6.49. The number of methoxy groups -OCH3 is 3. The number of piperazine rings is 1. The molecule has 0 atom stereocenters. The van der Waals surface area contributed by atoms with Crippen molar-refractivity contribution < 1.29 is 19.0 Å². The van der Waals surface area contributed by atoms with Crippen LogP contribution in [0, 0.1) is 0 Å². The van der Waals surface area contributed by atoms with Gasteiger partial charge in [0, 0.05) is 38.3 Å². The van der Waals surface area contributed by atoms with Crippen molar-refractivity contribution in [2.45, 2.75) is 6.54 Å². The molecule has 0 spiro atoms. The number of carbonyl (C=O) groups excluding carboxylic acids is 1. The first-order valence-corrected chi connectivity index (χ1v) is 9.01. The molecule has 0 aliphatic carbocycles. The van der Waals surface area contributed by atoms with E-state index in [-0.39, 0.29) is 5.91 Å². The third-order valence-electron chi connectivity index (χ3n) is 4.83. The van der Waals surface area contributed by atoms with Crippen LogP contribution in [-0.4, -0.2) is 63.2 Å². The molecule has 1 heterocycles. The lowest BCUT2D eigenvalue weighted by Gasteiger charge is -2.35. The molecule has 1 saturated heterocycles. The number of benzene rings is 2. The molecule has 1 aliphatic heterocycles. The van der Waals surface area contributed by atoms with Crippen LogP contribution in [0.15, 0.2) is 42.5 Å². The SMILES string of the molecule is COc1cccc(CN2CCN(C(=O)c3ccc(OC)c(OC)c3)CC2)c1. The first kappa shape index (κ1) is 19.0. The molecule has 0 saturated carbocycles. The smallest absolute Gasteiger partial charge is 0.254 e. The Balaban J connectivity index is 1.59. The monoisotopic (exact) mass is 370 g/mol. The Labute approximate surface area is 160 Å². The molecule has 2 aromatic carbocycles. The summed E-state index contributed by atoms with van der Waals surface area (Å²) < 4.78 is 15.8. The summed E-state index contributed by atoms with van der Waals surface area (Å²) in [5.41, 5.74) is 1.84. The maximum atomic E-state index is 12.8. The zero-order valence-electron chi connectivity index (χ0n) is 16.1. The molecular weight excluding hydrogens is 344 g/mol. The lowest BCUT2D eigenvalue weighted by Crippen LogP contribution is -2.48. The van der Waals surface area contributed by atoms with E-state index >= 15 is 0 Å². The Morgan fingerprint density at radius 3 is 2.30 bits per heavy atom. The van der Waals surface area contributed by atoms with E-state index in [0.717, 1.165) is 25.4 Å². The Hall–Kier alpha value is -2.73. The van der Waals surface area contributed by atoms with Crippen LogP contribution in [0.25, 0.3) is 0 Å². The zero-order chi connectivity index (χ0) is 19.2. The van der Waals surface area contributed by atoms with E-state index in [9.17, 15) is 4.79 Å². The van der Waals surface area contributed by atoms with Crippen LogP contribution in [0.5, 0.6) is 17.2 Å². The Morgan fingerprint density at radius 1 is 0.889 bits per heavy atom. The van der Waals surface area contributed by atoms with Gasteiger partial charge in [-0.15, -0.1) is 0 Å². The Bertz CT molecular complexity index is 786. The fourth-order valence-electron chi connectivity index (χ4n) is 3.29. The predicted octanol–water partition coefficient (Wildman–Crippen LogP) is 2.67. The second-order valence-electron chi connectivity index (χ2n) is 6.49. The van der Waals surface area contributed by atoms with Gasteiger partial charge in [-0.05, 0) is 35.9 Å². The number of nitrogens with zero attached hydrogens (tertiary/aromatic N) is 2. The number of rotatable bonds is 6. The molecule has 0 radical (unpaired) electrons. The van der Waals surface area contributed by atoms with Crippen molar-refractivity contribution >= 4 is 5.91 Å². The minimum Gasteiger partial charge on any atom is -0.497 e. The minimum atomic E-state index is 0.0250. The van der Waals surface area contributed by atoms with Crippen LogP contribution in [-0.2, 0) is 6.54 Å². The highest BCUT2D eigenvalue weighted by atomic mass is 16.5. The second kappa shape index (κ2) is 8.77. The van der Waals surface area contributed by atoms with Gasteiger partial charge in [0.25, 0.3) is 5.91 Å². The molecule has 1 fully saturated rings. The molecule has 0 aromatic heterocycles. The van der Waals surface area contributed by atoms with E-state index in [1.807, 2.05) is 17.0 Å². The van der Waals surface area contributed by atoms with E-state index in [1.165, 1.54) is 5.56 Å². The molecule has 2 aromatic rings. The molecular formula is C21H26N2O4. The van der Waals surface area contributed by atoms with Crippen LogP contribution in [0.3, 0.4) is 0 Å². The van der Waals surface area contributed by atoms with Crippen molar-refractivity contribution in [3.05, 3.63) is 53.6 Å². The molecule has 6 nitrogen and oxygen atoms in total. The Kier molecular flexibility index (Phi) is 6.19. The number of hydrogen-bond acceptors (Lipinski definition) is 5. The van der Waals surface area contributed by atoms with Crippen LogP contribution in [0.2, 0.25) is 0 Å². The van der Waals surface area contributed by atoms with E-state index < -0.39 is 0 Å². The number of carbonyl (C=O) groups is 1. The Morgan fingerprint density at radius 2 is 1.63 bits per heavy atom. The van der Waals surface area contributed by atoms with Gasteiger partial charge in [-0.2, -0.15) is 0 Å². The topological polar surface area (TPSA) is 51.2 Å². The van der Waals surface area contributed by atoms with Crippen molar-refractivity contribution in [2.75, 3.05) is 47.5 Å². The summed E-state index contributed by atoms with van der Waals surface area (Å²) in [4.78, 5) is 17.1. The fourth-order valence-corrected chi connectivity index (χ4v) is 3.29. The lowest BCUT2D eigenvalue weighted by atomic mass is 10.1. The van der Waals surface area contributed by atoms with E-state index in [0.29, 0.717) is 30.2 Å². The summed E-state index contributed by atoms with van der Waals surface area (Å²) in [5.74, 6) is 2.09. The third kappa shape index (κ3) is 4.52. The van der Waals surface area contributed by atoms with Crippen molar-refractivity contribution in [1.29, 1.82) is 0 Å². The number of ether oxygens (including phenoxy) is 3. The molecule has 0 unspecified atom stereocenters. The minimum absolute atomic E-state index is 0.0250. The predicted molar refractivity (Wildman–Crippen MR) is 104 cm³/mol. The normalized spacial score (nSPS) is 14.7. The largest absolute Gasteiger partial charge is 0.497 e. The van der Waals surface area contributed by atoms with Crippen molar-refractivity contribution in [1.82, 2.24) is 9.80 Å². The molecule has 3 rings (SSSR count).